The molecule has 1 heterocycles. The summed E-state index contributed by atoms with van der Waals surface area (Å²) in [6.07, 6.45) is -4.39. The van der Waals surface area contributed by atoms with E-state index in [0.717, 1.165) is 6.07 Å². The molecule has 2 nitrogen and oxygen atoms in total. The van der Waals surface area contributed by atoms with E-state index in [-0.39, 0.29) is 17.0 Å². The number of aromatic nitrogens is 1. The van der Waals surface area contributed by atoms with Crippen molar-refractivity contribution in [3.05, 3.63) is 29.7 Å². The van der Waals surface area contributed by atoms with Crippen molar-refractivity contribution in [2.45, 2.75) is 13.1 Å². The molecule has 0 radical (unpaired) electrons. The Morgan fingerprint density at radius 2 is 2.00 bits per heavy atom. The third-order valence-corrected chi connectivity index (χ3v) is 1.83. The Morgan fingerprint density at radius 3 is 2.64 bits per heavy atom. The molecule has 0 N–H and O–H groups in total. The molecule has 1 aromatic heterocycles. The molecule has 74 valence electrons. The van der Waals surface area contributed by atoms with Crippen LogP contribution in [0.1, 0.15) is 11.5 Å². The summed E-state index contributed by atoms with van der Waals surface area (Å²) >= 11 is 0. The van der Waals surface area contributed by atoms with Crippen molar-refractivity contribution in [2.24, 2.45) is 0 Å². The summed E-state index contributed by atoms with van der Waals surface area (Å²) in [5, 5.41) is 0. The van der Waals surface area contributed by atoms with E-state index in [0.29, 0.717) is 0 Å². The lowest BCUT2D eigenvalue weighted by molar-refractivity contribution is -0.136. The molecule has 0 atom stereocenters. The largest absolute Gasteiger partial charge is 0.441 e. The van der Waals surface area contributed by atoms with Gasteiger partial charge in [-0.3, -0.25) is 0 Å². The molecule has 2 rings (SSSR count). The van der Waals surface area contributed by atoms with Gasteiger partial charge in [0.1, 0.15) is 5.52 Å². The van der Waals surface area contributed by atoms with Crippen molar-refractivity contribution >= 4 is 11.1 Å². The van der Waals surface area contributed by atoms with E-state index in [1.165, 1.54) is 19.1 Å². The molecular weight excluding hydrogens is 195 g/mol. The van der Waals surface area contributed by atoms with Crippen LogP contribution in [-0.4, -0.2) is 4.98 Å². The quantitative estimate of drug-likeness (QED) is 0.654. The fourth-order valence-corrected chi connectivity index (χ4v) is 1.29. The van der Waals surface area contributed by atoms with Crippen molar-refractivity contribution in [2.75, 3.05) is 0 Å². The van der Waals surface area contributed by atoms with Crippen LogP contribution in [0.4, 0.5) is 13.2 Å². The van der Waals surface area contributed by atoms with Crippen molar-refractivity contribution in [1.29, 1.82) is 0 Å². The summed E-state index contributed by atoms with van der Waals surface area (Å²) in [5.41, 5.74) is -0.721. The number of aryl methyl sites for hydroxylation is 1. The van der Waals surface area contributed by atoms with Gasteiger partial charge < -0.3 is 4.42 Å². The Balaban J connectivity index is 2.77. The van der Waals surface area contributed by atoms with Crippen LogP contribution in [0.3, 0.4) is 0 Å². The molecule has 0 amide bonds. The number of hydrogen-bond acceptors (Lipinski definition) is 2. The predicted octanol–water partition coefficient (Wildman–Crippen LogP) is 3.16. The molecule has 0 aliphatic rings. The lowest BCUT2D eigenvalue weighted by Gasteiger charge is -2.05. The number of fused-ring (bicyclic) bond motifs is 1. The van der Waals surface area contributed by atoms with Crippen LogP contribution in [-0.2, 0) is 6.18 Å². The van der Waals surface area contributed by atoms with E-state index in [4.69, 9.17) is 4.42 Å². The third kappa shape index (κ3) is 1.34. The Labute approximate surface area is 77.4 Å². The minimum absolute atomic E-state index is 0.127. The lowest BCUT2D eigenvalue weighted by Crippen LogP contribution is -2.05. The van der Waals surface area contributed by atoms with Crippen molar-refractivity contribution in [3.63, 3.8) is 0 Å². The molecule has 0 saturated carbocycles. The maximum Gasteiger partial charge on any atom is 0.418 e. The topological polar surface area (TPSA) is 26.0 Å². The number of para-hydroxylation sites is 1. The summed E-state index contributed by atoms with van der Waals surface area (Å²) in [6, 6.07) is 3.75. The van der Waals surface area contributed by atoms with Gasteiger partial charge in [-0.2, -0.15) is 13.2 Å². The second kappa shape index (κ2) is 2.73. The van der Waals surface area contributed by atoms with E-state index in [9.17, 15) is 13.2 Å². The number of rotatable bonds is 0. The highest BCUT2D eigenvalue weighted by Crippen LogP contribution is 2.34. The van der Waals surface area contributed by atoms with Crippen molar-refractivity contribution < 1.29 is 17.6 Å². The van der Waals surface area contributed by atoms with Crippen molar-refractivity contribution in [1.82, 2.24) is 4.98 Å². The maximum absolute atomic E-state index is 12.4. The Kier molecular flexibility index (Phi) is 1.77. The highest BCUT2D eigenvalue weighted by Gasteiger charge is 2.33. The number of oxazole rings is 1. The summed E-state index contributed by atoms with van der Waals surface area (Å²) in [5.74, 6) is 0.233. The second-order valence-corrected chi connectivity index (χ2v) is 2.88. The van der Waals surface area contributed by atoms with Gasteiger partial charge in [-0.05, 0) is 12.1 Å². The zero-order valence-electron chi connectivity index (χ0n) is 7.22. The average molecular weight is 201 g/mol. The Bertz CT molecular complexity index is 472. The first-order valence-electron chi connectivity index (χ1n) is 3.92. The number of nitrogens with zero attached hydrogens (tertiary/aromatic N) is 1. The Morgan fingerprint density at radius 1 is 1.29 bits per heavy atom. The van der Waals surface area contributed by atoms with Gasteiger partial charge in [0.2, 0.25) is 0 Å². The lowest BCUT2D eigenvalue weighted by atomic mass is 10.2. The molecule has 5 heteroatoms. The van der Waals surface area contributed by atoms with Gasteiger partial charge in [-0.25, -0.2) is 4.98 Å². The van der Waals surface area contributed by atoms with Crippen LogP contribution >= 0.6 is 0 Å². The van der Waals surface area contributed by atoms with E-state index >= 15 is 0 Å². The molecule has 1 aromatic carbocycles. The number of alkyl halides is 3. The molecule has 0 fully saturated rings. The van der Waals surface area contributed by atoms with Crippen LogP contribution in [0.5, 0.6) is 0 Å². The minimum Gasteiger partial charge on any atom is -0.441 e. The SMILES string of the molecule is Cc1nc2c(C(F)(F)F)cccc2o1. The van der Waals surface area contributed by atoms with Gasteiger partial charge in [0.15, 0.2) is 11.5 Å². The van der Waals surface area contributed by atoms with Gasteiger partial charge in [-0.15, -0.1) is 0 Å². The predicted molar refractivity (Wildman–Crippen MR) is 43.7 cm³/mol. The standard InChI is InChI=1S/C9H6F3NO/c1-5-13-8-6(9(10,11)12)3-2-4-7(8)14-5/h2-4H,1H3. The zero-order chi connectivity index (χ0) is 10.3. The number of hydrogen-bond donors (Lipinski definition) is 0. The summed E-state index contributed by atoms with van der Waals surface area (Å²) < 4.78 is 42.3. The fourth-order valence-electron chi connectivity index (χ4n) is 1.29. The minimum atomic E-state index is -4.39. The normalized spacial score (nSPS) is 12.3. The van der Waals surface area contributed by atoms with E-state index in [1.54, 1.807) is 0 Å². The van der Waals surface area contributed by atoms with Crippen molar-refractivity contribution in [3.8, 4) is 0 Å². The first kappa shape index (κ1) is 9.05. The van der Waals surface area contributed by atoms with E-state index in [2.05, 4.69) is 4.98 Å². The van der Waals surface area contributed by atoms with Gasteiger partial charge in [0.25, 0.3) is 0 Å². The fraction of sp³-hybridized carbons (Fsp3) is 0.222. The highest BCUT2D eigenvalue weighted by atomic mass is 19.4. The van der Waals surface area contributed by atoms with Gasteiger partial charge >= 0.3 is 6.18 Å². The summed E-state index contributed by atoms with van der Waals surface area (Å²) in [6.45, 7) is 1.51. The molecule has 0 unspecified atom stereocenters. The Hall–Kier alpha value is -1.52. The molecule has 0 bridgehead atoms. The summed E-state index contributed by atoms with van der Waals surface area (Å²) in [7, 11) is 0. The van der Waals surface area contributed by atoms with Crippen LogP contribution in [0.25, 0.3) is 11.1 Å². The third-order valence-electron chi connectivity index (χ3n) is 1.83. The van der Waals surface area contributed by atoms with Gasteiger partial charge in [-0.1, -0.05) is 6.07 Å². The molecule has 0 saturated heterocycles. The molecular formula is C9H6F3NO. The molecule has 14 heavy (non-hydrogen) atoms. The van der Waals surface area contributed by atoms with E-state index < -0.39 is 11.7 Å². The number of halogens is 3. The van der Waals surface area contributed by atoms with Gasteiger partial charge in [0.05, 0.1) is 5.56 Å². The number of benzene rings is 1. The van der Waals surface area contributed by atoms with Crippen LogP contribution in [0.15, 0.2) is 22.6 Å². The molecule has 0 aliphatic carbocycles. The molecule has 0 spiro atoms. The smallest absolute Gasteiger partial charge is 0.418 e. The van der Waals surface area contributed by atoms with Crippen LogP contribution in [0, 0.1) is 6.92 Å². The van der Waals surface area contributed by atoms with Crippen LogP contribution < -0.4 is 0 Å². The molecule has 0 aliphatic heterocycles. The van der Waals surface area contributed by atoms with E-state index in [1.807, 2.05) is 0 Å². The molecule has 2 aromatic rings. The maximum atomic E-state index is 12.4. The van der Waals surface area contributed by atoms with Crippen LogP contribution in [0.2, 0.25) is 0 Å². The first-order chi connectivity index (χ1) is 6.48. The van der Waals surface area contributed by atoms with Gasteiger partial charge in [0, 0.05) is 6.92 Å². The monoisotopic (exact) mass is 201 g/mol. The first-order valence-corrected chi connectivity index (χ1v) is 3.92. The second-order valence-electron chi connectivity index (χ2n) is 2.88. The highest BCUT2D eigenvalue weighted by molar-refractivity contribution is 5.77. The zero-order valence-corrected chi connectivity index (χ0v) is 7.22. The average Bonchev–Trinajstić information content (AvgIpc) is 2.41. The summed E-state index contributed by atoms with van der Waals surface area (Å²) in [4.78, 5) is 3.69.